The molecule has 9 atom stereocenters. The lowest BCUT2D eigenvalue weighted by molar-refractivity contribution is -0.162. The van der Waals surface area contributed by atoms with E-state index in [9.17, 15) is 15.3 Å². The van der Waals surface area contributed by atoms with E-state index in [0.29, 0.717) is 37.2 Å². The quantitative estimate of drug-likeness (QED) is 0.269. The van der Waals surface area contributed by atoms with Crippen molar-refractivity contribution in [3.05, 3.63) is 23.3 Å². The molecule has 0 saturated heterocycles. The van der Waals surface area contributed by atoms with E-state index in [1.54, 1.807) is 0 Å². The molecule has 4 aliphatic carbocycles. The van der Waals surface area contributed by atoms with Crippen molar-refractivity contribution in [2.24, 2.45) is 34.5 Å². The molecule has 0 aromatic carbocycles. The van der Waals surface area contributed by atoms with Crippen molar-refractivity contribution in [3.63, 3.8) is 0 Å². The lowest BCUT2D eigenvalue weighted by atomic mass is 9.49. The summed E-state index contributed by atoms with van der Waals surface area (Å²) in [6.07, 6.45) is 13.1. The van der Waals surface area contributed by atoms with Crippen molar-refractivity contribution < 1.29 is 25.2 Å². The standard InChI is InChI=1S/C32H54O5/c1-6-32(36,7-2)16-8-10-21(3)24-13-14-25-23-12-11-22-20-27(34)28(37-19-9-18-33)29(35)31(22,5)26(23)15-17-30(24,25)4/h11-12,21,24-29,33-36H,6-10,13-20H2,1-5H3/t21-,24-,25+,26+,27-,28-,29+,30-,31+/m1/s1. The Morgan fingerprint density at radius 1 is 1.05 bits per heavy atom. The third kappa shape index (κ3) is 5.13. The van der Waals surface area contributed by atoms with Gasteiger partial charge in [0.25, 0.3) is 0 Å². The largest absolute Gasteiger partial charge is 0.396 e. The SMILES string of the molecule is CCC(O)(CC)CCC[C@@H](C)[C@H]1CC[C@H]2C3=CC=C4C[C@@H](O)[C@@H](OCCCO)[C@H](O)[C@]4(C)[C@H]3CC[C@]12C. The first-order chi connectivity index (χ1) is 17.6. The Morgan fingerprint density at radius 3 is 2.46 bits per heavy atom. The van der Waals surface area contributed by atoms with Gasteiger partial charge in [0.15, 0.2) is 0 Å². The van der Waals surface area contributed by atoms with Crippen molar-refractivity contribution >= 4 is 0 Å². The van der Waals surface area contributed by atoms with E-state index in [1.165, 1.54) is 31.3 Å². The summed E-state index contributed by atoms with van der Waals surface area (Å²) in [5.74, 6) is 2.18. The summed E-state index contributed by atoms with van der Waals surface area (Å²) in [4.78, 5) is 0. The van der Waals surface area contributed by atoms with E-state index in [2.05, 4.69) is 46.8 Å². The Kier molecular flexibility index (Phi) is 9.02. The molecular formula is C32H54O5. The third-order valence-electron chi connectivity index (χ3n) is 11.7. The lowest BCUT2D eigenvalue weighted by Crippen LogP contribution is -2.59. The summed E-state index contributed by atoms with van der Waals surface area (Å²) in [5.41, 5.74) is 2.05. The van der Waals surface area contributed by atoms with E-state index in [4.69, 9.17) is 9.84 Å². The van der Waals surface area contributed by atoms with Gasteiger partial charge in [0.1, 0.15) is 6.10 Å². The number of aliphatic hydroxyl groups is 4. The van der Waals surface area contributed by atoms with Gasteiger partial charge in [0.05, 0.1) is 17.8 Å². The predicted molar refractivity (Wildman–Crippen MR) is 148 cm³/mol. The van der Waals surface area contributed by atoms with Gasteiger partial charge < -0.3 is 25.2 Å². The highest BCUT2D eigenvalue weighted by molar-refractivity contribution is 5.40. The summed E-state index contributed by atoms with van der Waals surface area (Å²) in [6.45, 7) is 11.8. The molecule has 0 amide bonds. The van der Waals surface area contributed by atoms with E-state index < -0.39 is 29.3 Å². The number of hydrogen-bond donors (Lipinski definition) is 4. The second-order valence-electron chi connectivity index (χ2n) is 13.4. The third-order valence-corrected chi connectivity index (χ3v) is 11.7. The second-order valence-corrected chi connectivity index (χ2v) is 13.4. The number of allylic oxidation sites excluding steroid dienone is 3. The number of hydrogen-bond acceptors (Lipinski definition) is 5. The van der Waals surface area contributed by atoms with Gasteiger partial charge in [-0.3, -0.25) is 0 Å². The summed E-state index contributed by atoms with van der Waals surface area (Å²) >= 11 is 0. The van der Waals surface area contributed by atoms with Crippen molar-refractivity contribution in [2.75, 3.05) is 13.2 Å². The molecule has 3 saturated carbocycles. The Morgan fingerprint density at radius 2 is 1.78 bits per heavy atom. The first kappa shape index (κ1) is 29.3. The molecule has 4 aliphatic rings. The average Bonchev–Trinajstić information content (AvgIpc) is 3.24. The van der Waals surface area contributed by atoms with Crippen LogP contribution in [0.15, 0.2) is 23.3 Å². The highest BCUT2D eigenvalue weighted by atomic mass is 16.5. The van der Waals surface area contributed by atoms with Crippen LogP contribution in [0, 0.1) is 34.5 Å². The summed E-state index contributed by atoms with van der Waals surface area (Å²) in [7, 11) is 0. The Balaban J connectivity index is 1.49. The smallest absolute Gasteiger partial charge is 0.110 e. The molecule has 5 nitrogen and oxygen atoms in total. The number of ether oxygens (including phenoxy) is 1. The van der Waals surface area contributed by atoms with Crippen molar-refractivity contribution in [1.29, 1.82) is 0 Å². The molecule has 37 heavy (non-hydrogen) atoms. The fourth-order valence-electron chi connectivity index (χ4n) is 9.07. The lowest BCUT2D eigenvalue weighted by Gasteiger charge is -2.57. The van der Waals surface area contributed by atoms with Crippen LogP contribution in [0.3, 0.4) is 0 Å². The van der Waals surface area contributed by atoms with Gasteiger partial charge in [-0.1, -0.05) is 70.8 Å². The number of fused-ring (bicyclic) bond motifs is 5. The summed E-state index contributed by atoms with van der Waals surface area (Å²) in [6, 6.07) is 0. The minimum absolute atomic E-state index is 0.0504. The van der Waals surface area contributed by atoms with Gasteiger partial charge in [0.2, 0.25) is 0 Å². The topological polar surface area (TPSA) is 90.2 Å². The molecule has 5 heteroatoms. The Bertz CT molecular complexity index is 846. The first-order valence-corrected chi connectivity index (χ1v) is 15.3. The van der Waals surface area contributed by atoms with E-state index in [1.807, 2.05) is 0 Å². The molecule has 4 N–H and O–H groups in total. The van der Waals surface area contributed by atoms with Crippen LogP contribution < -0.4 is 0 Å². The Labute approximate surface area is 225 Å². The molecule has 0 spiro atoms. The molecule has 3 fully saturated rings. The number of aliphatic hydroxyl groups excluding tert-OH is 3. The summed E-state index contributed by atoms with van der Waals surface area (Å²) in [5, 5.41) is 42.4. The summed E-state index contributed by atoms with van der Waals surface area (Å²) < 4.78 is 5.95. The molecule has 0 aromatic heterocycles. The van der Waals surface area contributed by atoms with Gasteiger partial charge in [-0.15, -0.1) is 0 Å². The minimum atomic E-state index is -0.758. The van der Waals surface area contributed by atoms with Crippen molar-refractivity contribution in [2.45, 2.75) is 129 Å². The highest BCUT2D eigenvalue weighted by Crippen LogP contribution is 2.66. The van der Waals surface area contributed by atoms with E-state index in [-0.39, 0.29) is 17.9 Å². The molecule has 0 aliphatic heterocycles. The van der Waals surface area contributed by atoms with Crippen LogP contribution in [0.25, 0.3) is 0 Å². The minimum Gasteiger partial charge on any atom is -0.396 e. The van der Waals surface area contributed by atoms with Gasteiger partial charge >= 0.3 is 0 Å². The average molecular weight is 519 g/mol. The van der Waals surface area contributed by atoms with Gasteiger partial charge in [-0.2, -0.15) is 0 Å². The molecule has 0 heterocycles. The number of rotatable bonds is 11. The zero-order valence-electron chi connectivity index (χ0n) is 24.1. The molecular weight excluding hydrogens is 464 g/mol. The van der Waals surface area contributed by atoms with Crippen LogP contribution in [0.1, 0.15) is 105 Å². The molecule has 0 aromatic rings. The fraction of sp³-hybridized carbons (Fsp3) is 0.875. The maximum Gasteiger partial charge on any atom is 0.110 e. The highest BCUT2D eigenvalue weighted by Gasteiger charge is 2.60. The van der Waals surface area contributed by atoms with Crippen LogP contribution in [0.2, 0.25) is 0 Å². The molecule has 0 unspecified atom stereocenters. The first-order valence-electron chi connectivity index (χ1n) is 15.3. The van der Waals surface area contributed by atoms with Crippen molar-refractivity contribution in [1.82, 2.24) is 0 Å². The van der Waals surface area contributed by atoms with Crippen LogP contribution in [-0.4, -0.2) is 57.6 Å². The normalized spacial score (nSPS) is 40.4. The molecule has 4 rings (SSSR count). The van der Waals surface area contributed by atoms with E-state index in [0.717, 1.165) is 37.7 Å². The molecule has 0 radical (unpaired) electrons. The van der Waals surface area contributed by atoms with Crippen LogP contribution in [0.4, 0.5) is 0 Å². The fourth-order valence-corrected chi connectivity index (χ4v) is 9.07. The van der Waals surface area contributed by atoms with Crippen molar-refractivity contribution in [3.8, 4) is 0 Å². The predicted octanol–water partition coefficient (Wildman–Crippen LogP) is 5.55. The van der Waals surface area contributed by atoms with Gasteiger partial charge in [-0.05, 0) is 86.9 Å². The van der Waals surface area contributed by atoms with E-state index >= 15 is 0 Å². The maximum absolute atomic E-state index is 11.6. The monoisotopic (exact) mass is 518 g/mol. The van der Waals surface area contributed by atoms with Gasteiger partial charge in [-0.25, -0.2) is 0 Å². The Hall–Kier alpha value is -0.720. The van der Waals surface area contributed by atoms with Crippen LogP contribution in [0.5, 0.6) is 0 Å². The van der Waals surface area contributed by atoms with Gasteiger partial charge in [0, 0.05) is 18.6 Å². The maximum atomic E-state index is 11.6. The zero-order valence-corrected chi connectivity index (χ0v) is 24.1. The van der Waals surface area contributed by atoms with Crippen LogP contribution >= 0.6 is 0 Å². The second kappa shape index (κ2) is 11.4. The zero-order chi connectivity index (χ0) is 27.0. The van der Waals surface area contributed by atoms with Crippen LogP contribution in [-0.2, 0) is 4.74 Å². The molecule has 212 valence electrons. The molecule has 0 bridgehead atoms.